The second-order valence-corrected chi connectivity index (χ2v) is 11.4. The lowest BCUT2D eigenvalue weighted by molar-refractivity contribution is -0.131. The molecular formula is C31H33F2N7O3. The molecule has 0 spiro atoms. The van der Waals surface area contributed by atoms with E-state index in [9.17, 15) is 19.6 Å². The molecule has 3 aliphatic rings. The Bertz CT molecular complexity index is 1630. The van der Waals surface area contributed by atoms with Gasteiger partial charge in [-0.15, -0.1) is 0 Å². The Morgan fingerprint density at radius 2 is 2.02 bits per heavy atom. The lowest BCUT2D eigenvalue weighted by Gasteiger charge is -2.44. The number of nitriles is 1. The number of halogens is 2. The van der Waals surface area contributed by atoms with Gasteiger partial charge in [-0.05, 0) is 50.7 Å². The number of fused-ring (bicyclic) bond motifs is 3. The number of ether oxygens (including phenoxy) is 1. The third kappa shape index (κ3) is 5.07. The summed E-state index contributed by atoms with van der Waals surface area (Å²) in [6, 6.07) is 7.90. The van der Waals surface area contributed by atoms with Crippen LogP contribution in [0.2, 0.25) is 0 Å². The van der Waals surface area contributed by atoms with Crippen molar-refractivity contribution in [1.29, 1.82) is 5.26 Å². The molecule has 0 saturated carbocycles. The minimum absolute atomic E-state index is 0.00729. The van der Waals surface area contributed by atoms with Crippen molar-refractivity contribution in [1.82, 2.24) is 19.8 Å². The average Bonchev–Trinajstić information content (AvgIpc) is 2.95. The molecule has 1 N–H and O–H groups in total. The van der Waals surface area contributed by atoms with Crippen LogP contribution in [-0.2, 0) is 11.2 Å². The fourth-order valence-electron chi connectivity index (χ4n) is 6.17. The third-order valence-corrected chi connectivity index (χ3v) is 8.57. The zero-order valence-electron chi connectivity index (χ0n) is 24.2. The number of nitrogens with zero attached hydrogens (tertiary/aromatic N) is 7. The van der Waals surface area contributed by atoms with Crippen LogP contribution in [0.25, 0.3) is 22.0 Å². The van der Waals surface area contributed by atoms with Gasteiger partial charge in [-0.25, -0.2) is 13.8 Å². The summed E-state index contributed by atoms with van der Waals surface area (Å²) in [5.41, 5.74) is 1.89. The molecule has 6 rings (SSSR count). The maximum atomic E-state index is 15.2. The largest absolute Gasteiger partial charge is 0.507 e. The van der Waals surface area contributed by atoms with Gasteiger partial charge in [-0.3, -0.25) is 4.79 Å². The van der Waals surface area contributed by atoms with E-state index in [1.807, 2.05) is 19.0 Å². The molecule has 43 heavy (non-hydrogen) atoms. The van der Waals surface area contributed by atoms with Crippen LogP contribution in [0.3, 0.4) is 0 Å². The predicted molar refractivity (Wildman–Crippen MR) is 158 cm³/mol. The van der Waals surface area contributed by atoms with Gasteiger partial charge in [0.25, 0.3) is 5.91 Å². The van der Waals surface area contributed by atoms with Crippen LogP contribution in [-0.4, -0.2) is 96.3 Å². The topological polar surface area (TPSA) is 109 Å². The number of carbonyl (C=O) groups excluding carboxylic acids is 1. The van der Waals surface area contributed by atoms with Crippen LogP contribution >= 0.6 is 0 Å². The van der Waals surface area contributed by atoms with Gasteiger partial charge in [0.2, 0.25) is 5.95 Å². The number of benzene rings is 2. The van der Waals surface area contributed by atoms with E-state index in [0.717, 1.165) is 18.7 Å². The number of amides is 1. The molecule has 0 bridgehead atoms. The maximum Gasteiger partial charge on any atom is 0.282 e. The summed E-state index contributed by atoms with van der Waals surface area (Å²) in [4.78, 5) is 30.1. The van der Waals surface area contributed by atoms with Crippen LogP contribution in [0.15, 0.2) is 36.7 Å². The Balaban J connectivity index is 1.53. The Morgan fingerprint density at radius 3 is 2.72 bits per heavy atom. The standard InChI is InChI=1S/C31H33F2N7O3/c1-18(32)30(42)40-12-11-38(15-19(40)9-10-34)29-27-24(35-31(36-29)39-16-20(17-39)37(2)3)14-22(21-6-5-13-43-28(21)27)26-23(33)7-4-8-25(26)41/h4,7-8,14,19-20,41H,1,5-6,9,11-13,15-17H2,2-3H3/t19-/m0/s1. The molecule has 3 aliphatic heterocycles. The van der Waals surface area contributed by atoms with Gasteiger partial charge in [0.05, 0.1) is 41.6 Å². The van der Waals surface area contributed by atoms with E-state index in [1.54, 1.807) is 6.07 Å². The number of piperazine rings is 1. The van der Waals surface area contributed by atoms with E-state index >= 15 is 4.39 Å². The van der Waals surface area contributed by atoms with Crippen LogP contribution in [0.1, 0.15) is 18.4 Å². The highest BCUT2D eigenvalue weighted by Crippen LogP contribution is 2.46. The molecule has 1 atom stereocenters. The first-order valence-corrected chi connectivity index (χ1v) is 14.3. The van der Waals surface area contributed by atoms with Crippen molar-refractivity contribution < 1.29 is 23.4 Å². The molecule has 2 aromatic carbocycles. The van der Waals surface area contributed by atoms with Crippen molar-refractivity contribution in [3.63, 3.8) is 0 Å². The van der Waals surface area contributed by atoms with Crippen LogP contribution in [0.5, 0.6) is 11.5 Å². The zero-order valence-corrected chi connectivity index (χ0v) is 24.2. The molecule has 1 aromatic heterocycles. The summed E-state index contributed by atoms with van der Waals surface area (Å²) < 4.78 is 35.3. The van der Waals surface area contributed by atoms with Crippen molar-refractivity contribution in [3.8, 4) is 28.7 Å². The first-order valence-electron chi connectivity index (χ1n) is 14.3. The van der Waals surface area contributed by atoms with Gasteiger partial charge in [0.15, 0.2) is 5.83 Å². The van der Waals surface area contributed by atoms with E-state index < -0.39 is 23.6 Å². The van der Waals surface area contributed by atoms with Crippen molar-refractivity contribution >= 4 is 28.6 Å². The van der Waals surface area contributed by atoms with Gasteiger partial charge in [0.1, 0.15) is 23.1 Å². The van der Waals surface area contributed by atoms with E-state index in [0.29, 0.717) is 66.0 Å². The first kappa shape index (κ1) is 28.6. The van der Waals surface area contributed by atoms with Gasteiger partial charge >= 0.3 is 0 Å². The smallest absolute Gasteiger partial charge is 0.282 e. The average molecular weight is 590 g/mol. The molecule has 3 aromatic rings. The minimum Gasteiger partial charge on any atom is -0.507 e. The number of phenolic OH excluding ortho intramolecular Hbond substituents is 1. The van der Waals surface area contributed by atoms with Crippen LogP contribution in [0, 0.1) is 17.1 Å². The summed E-state index contributed by atoms with van der Waals surface area (Å²) in [5.74, 6) is -1.01. The molecule has 1 amide bonds. The first-order chi connectivity index (χ1) is 20.7. The quantitative estimate of drug-likeness (QED) is 0.431. The second kappa shape index (κ2) is 11.3. The van der Waals surface area contributed by atoms with Gasteiger partial charge in [0, 0.05) is 44.3 Å². The van der Waals surface area contributed by atoms with Crippen molar-refractivity contribution in [2.24, 2.45) is 0 Å². The van der Waals surface area contributed by atoms with Crippen molar-refractivity contribution in [3.05, 3.63) is 48.1 Å². The summed E-state index contributed by atoms with van der Waals surface area (Å²) in [6.45, 7) is 5.79. The third-order valence-electron chi connectivity index (χ3n) is 8.57. The molecule has 0 aliphatic carbocycles. The highest BCUT2D eigenvalue weighted by molar-refractivity contribution is 6.01. The number of rotatable bonds is 6. The van der Waals surface area contributed by atoms with E-state index in [-0.39, 0.29) is 30.8 Å². The monoisotopic (exact) mass is 589 g/mol. The highest BCUT2D eigenvalue weighted by Gasteiger charge is 2.36. The number of aromatic nitrogens is 2. The second-order valence-electron chi connectivity index (χ2n) is 11.4. The SMILES string of the molecule is C=C(F)C(=O)N1CCN(c2nc(N3CC(N(C)C)C3)nc3cc(-c4c(O)cccc4F)c4c(c23)OCCC4)C[C@@H]1CC#N. The zero-order chi connectivity index (χ0) is 30.4. The Morgan fingerprint density at radius 1 is 1.23 bits per heavy atom. The van der Waals surface area contributed by atoms with E-state index in [2.05, 4.69) is 22.4 Å². The lowest BCUT2D eigenvalue weighted by atomic mass is 9.91. The molecule has 12 heteroatoms. The fourth-order valence-corrected chi connectivity index (χ4v) is 6.17. The predicted octanol–water partition coefficient (Wildman–Crippen LogP) is 3.63. The molecular weight excluding hydrogens is 556 g/mol. The fraction of sp³-hybridized carbons (Fsp3) is 0.419. The normalized spacial score (nSPS) is 18.7. The summed E-state index contributed by atoms with van der Waals surface area (Å²) >= 11 is 0. The Labute approximate surface area is 248 Å². The lowest BCUT2D eigenvalue weighted by Crippen LogP contribution is -2.58. The molecule has 2 fully saturated rings. The number of anilines is 2. The maximum absolute atomic E-state index is 15.2. The summed E-state index contributed by atoms with van der Waals surface area (Å²) in [5, 5.41) is 20.9. The number of aromatic hydroxyl groups is 1. The molecule has 224 valence electrons. The van der Waals surface area contributed by atoms with Gasteiger partial charge in [-0.1, -0.05) is 12.6 Å². The number of carbonyl (C=O) groups is 1. The van der Waals surface area contributed by atoms with Crippen LogP contribution < -0.4 is 14.5 Å². The Kier molecular flexibility index (Phi) is 7.52. The number of hydrogen-bond acceptors (Lipinski definition) is 9. The van der Waals surface area contributed by atoms with E-state index in [4.69, 9.17) is 14.7 Å². The van der Waals surface area contributed by atoms with Gasteiger partial charge < -0.3 is 29.4 Å². The number of hydrogen-bond donors (Lipinski definition) is 1. The van der Waals surface area contributed by atoms with Gasteiger partial charge in [-0.2, -0.15) is 10.2 Å². The molecule has 0 radical (unpaired) electrons. The summed E-state index contributed by atoms with van der Waals surface area (Å²) in [6.07, 6.45) is 1.32. The van der Waals surface area contributed by atoms with Crippen molar-refractivity contribution in [2.75, 3.05) is 63.2 Å². The number of likely N-dealkylation sites (N-methyl/N-ethyl adjacent to an activating group) is 1. The minimum atomic E-state index is -1.06. The Hall–Kier alpha value is -4.50. The highest BCUT2D eigenvalue weighted by atomic mass is 19.1. The molecule has 0 unspecified atom stereocenters. The van der Waals surface area contributed by atoms with E-state index in [1.165, 1.54) is 23.1 Å². The van der Waals surface area contributed by atoms with Crippen LogP contribution in [0.4, 0.5) is 20.5 Å². The molecule has 10 nitrogen and oxygen atoms in total. The number of phenols is 1. The molecule has 2 saturated heterocycles. The summed E-state index contributed by atoms with van der Waals surface area (Å²) in [7, 11) is 4.04. The molecule has 4 heterocycles. The van der Waals surface area contributed by atoms with Crippen molar-refractivity contribution in [2.45, 2.75) is 31.3 Å².